The molecule has 0 aliphatic carbocycles. The first-order valence-corrected chi connectivity index (χ1v) is 8.11. The van der Waals surface area contributed by atoms with Crippen LogP contribution in [0.3, 0.4) is 0 Å². The van der Waals surface area contributed by atoms with Gasteiger partial charge >= 0.3 is 6.03 Å². The molecule has 0 saturated carbocycles. The molecule has 0 radical (unpaired) electrons. The molecule has 0 heterocycles. The molecule has 0 spiro atoms. The number of aliphatic hydroxyl groups excluding tert-OH is 1. The van der Waals surface area contributed by atoms with Gasteiger partial charge in [0.25, 0.3) is 0 Å². The molecule has 0 aliphatic heterocycles. The van der Waals surface area contributed by atoms with Crippen LogP contribution in [-0.4, -0.2) is 39.0 Å². The standard InChI is InChI=1S/C19H24N2O5/c1-24-15-6-4-14(5-7-15)18(22)12-21-19(23)20-11-13-8-16(25-2)10-17(9-13)26-3/h4-10,18,22H,11-12H2,1-3H3,(H2,20,21,23). The molecule has 0 saturated heterocycles. The summed E-state index contributed by atoms with van der Waals surface area (Å²) in [6.45, 7) is 0.400. The van der Waals surface area contributed by atoms with Crippen molar-refractivity contribution in [2.75, 3.05) is 27.9 Å². The van der Waals surface area contributed by atoms with Crippen molar-refractivity contribution < 1.29 is 24.1 Å². The number of hydrogen-bond acceptors (Lipinski definition) is 5. The van der Waals surface area contributed by atoms with E-state index >= 15 is 0 Å². The molecule has 0 fully saturated rings. The third-order valence-corrected chi connectivity index (χ3v) is 3.82. The van der Waals surface area contributed by atoms with E-state index in [-0.39, 0.29) is 12.6 Å². The Bertz CT molecular complexity index is 696. The van der Waals surface area contributed by atoms with Gasteiger partial charge in [-0.15, -0.1) is 0 Å². The van der Waals surface area contributed by atoms with Crippen LogP contribution in [0.25, 0.3) is 0 Å². The minimum atomic E-state index is -0.802. The molecule has 0 aliphatic rings. The second kappa shape index (κ2) is 9.53. The van der Waals surface area contributed by atoms with Gasteiger partial charge in [0.05, 0.1) is 27.4 Å². The van der Waals surface area contributed by atoms with Crippen LogP contribution >= 0.6 is 0 Å². The highest BCUT2D eigenvalue weighted by Gasteiger charge is 2.10. The summed E-state index contributed by atoms with van der Waals surface area (Å²) in [5.41, 5.74) is 1.54. The normalized spacial score (nSPS) is 11.4. The SMILES string of the molecule is COc1ccc(C(O)CNC(=O)NCc2cc(OC)cc(OC)c2)cc1. The van der Waals surface area contributed by atoms with Crippen LogP contribution in [0.4, 0.5) is 4.79 Å². The van der Waals surface area contributed by atoms with Crippen molar-refractivity contribution in [2.45, 2.75) is 12.6 Å². The molecular formula is C19H24N2O5. The fraction of sp³-hybridized carbons (Fsp3) is 0.316. The average Bonchev–Trinajstić information content (AvgIpc) is 2.70. The van der Waals surface area contributed by atoms with E-state index in [1.54, 1.807) is 51.7 Å². The lowest BCUT2D eigenvalue weighted by atomic mass is 10.1. The third-order valence-electron chi connectivity index (χ3n) is 3.82. The minimum absolute atomic E-state index is 0.0968. The summed E-state index contributed by atoms with van der Waals surface area (Å²) in [7, 11) is 4.72. The number of nitrogens with one attached hydrogen (secondary N) is 2. The van der Waals surface area contributed by atoms with E-state index in [1.807, 2.05) is 12.1 Å². The topological polar surface area (TPSA) is 89.1 Å². The van der Waals surface area contributed by atoms with Crippen LogP contribution in [0.1, 0.15) is 17.2 Å². The number of amides is 2. The van der Waals surface area contributed by atoms with E-state index in [9.17, 15) is 9.90 Å². The maximum absolute atomic E-state index is 11.9. The Balaban J connectivity index is 1.83. The first-order chi connectivity index (χ1) is 12.5. The number of ether oxygens (including phenoxy) is 3. The number of aliphatic hydroxyl groups is 1. The molecule has 7 heteroatoms. The minimum Gasteiger partial charge on any atom is -0.497 e. The Morgan fingerprint density at radius 3 is 2.04 bits per heavy atom. The molecule has 0 aromatic heterocycles. The molecule has 2 amide bonds. The number of methoxy groups -OCH3 is 3. The van der Waals surface area contributed by atoms with Gasteiger partial charge in [-0.3, -0.25) is 0 Å². The largest absolute Gasteiger partial charge is 0.497 e. The highest BCUT2D eigenvalue weighted by atomic mass is 16.5. The Hall–Kier alpha value is -2.93. The number of carbonyl (C=O) groups is 1. The van der Waals surface area contributed by atoms with E-state index < -0.39 is 6.10 Å². The number of rotatable bonds is 8. The lowest BCUT2D eigenvalue weighted by molar-refractivity contribution is 0.173. The van der Waals surface area contributed by atoms with Crippen molar-refractivity contribution in [1.29, 1.82) is 0 Å². The zero-order valence-corrected chi connectivity index (χ0v) is 15.1. The summed E-state index contributed by atoms with van der Waals surface area (Å²) in [6.07, 6.45) is -0.802. The van der Waals surface area contributed by atoms with Gasteiger partial charge in [-0.1, -0.05) is 12.1 Å². The number of urea groups is 1. The summed E-state index contributed by atoms with van der Waals surface area (Å²) in [5, 5.41) is 15.5. The number of benzene rings is 2. The fourth-order valence-corrected chi connectivity index (χ4v) is 2.35. The Morgan fingerprint density at radius 2 is 1.50 bits per heavy atom. The quantitative estimate of drug-likeness (QED) is 0.672. The monoisotopic (exact) mass is 360 g/mol. The van der Waals surface area contributed by atoms with Crippen LogP contribution in [0.2, 0.25) is 0 Å². The molecule has 7 nitrogen and oxygen atoms in total. The van der Waals surface area contributed by atoms with Crippen molar-refractivity contribution in [1.82, 2.24) is 10.6 Å². The predicted molar refractivity (Wildman–Crippen MR) is 97.7 cm³/mol. The average molecular weight is 360 g/mol. The molecule has 1 unspecified atom stereocenters. The number of carbonyl (C=O) groups excluding carboxylic acids is 1. The second-order valence-electron chi connectivity index (χ2n) is 5.57. The first-order valence-electron chi connectivity index (χ1n) is 8.11. The molecule has 1 atom stereocenters. The van der Waals surface area contributed by atoms with Crippen molar-refractivity contribution >= 4 is 6.03 Å². The van der Waals surface area contributed by atoms with Crippen molar-refractivity contribution in [3.05, 3.63) is 53.6 Å². The van der Waals surface area contributed by atoms with Gasteiger partial charge in [0.15, 0.2) is 0 Å². The van der Waals surface area contributed by atoms with Crippen LogP contribution in [0.15, 0.2) is 42.5 Å². The predicted octanol–water partition coefficient (Wildman–Crippen LogP) is 2.25. The van der Waals surface area contributed by atoms with Crippen LogP contribution in [0.5, 0.6) is 17.2 Å². The summed E-state index contributed by atoms with van der Waals surface area (Å²) >= 11 is 0. The third kappa shape index (κ3) is 5.56. The van der Waals surface area contributed by atoms with Crippen molar-refractivity contribution in [3.63, 3.8) is 0 Å². The first kappa shape index (κ1) is 19.4. The maximum Gasteiger partial charge on any atom is 0.315 e. The van der Waals surface area contributed by atoms with E-state index in [2.05, 4.69) is 10.6 Å². The summed E-state index contributed by atoms with van der Waals surface area (Å²) in [5.74, 6) is 2.01. The molecule has 2 aromatic rings. The van der Waals surface area contributed by atoms with E-state index in [4.69, 9.17) is 14.2 Å². The fourth-order valence-electron chi connectivity index (χ4n) is 2.35. The van der Waals surface area contributed by atoms with Gasteiger partial charge < -0.3 is 30.0 Å². The lowest BCUT2D eigenvalue weighted by Gasteiger charge is -2.14. The van der Waals surface area contributed by atoms with Gasteiger partial charge in [-0.05, 0) is 35.4 Å². The van der Waals surface area contributed by atoms with Gasteiger partial charge in [-0.2, -0.15) is 0 Å². The van der Waals surface area contributed by atoms with E-state index in [0.717, 1.165) is 5.56 Å². The van der Waals surface area contributed by atoms with Gasteiger partial charge in [0.2, 0.25) is 0 Å². The van der Waals surface area contributed by atoms with Crippen LogP contribution in [0, 0.1) is 0 Å². The molecule has 140 valence electrons. The second-order valence-corrected chi connectivity index (χ2v) is 5.57. The summed E-state index contributed by atoms with van der Waals surface area (Å²) < 4.78 is 15.5. The maximum atomic E-state index is 11.9. The van der Waals surface area contributed by atoms with Gasteiger partial charge in [0, 0.05) is 19.2 Å². The van der Waals surface area contributed by atoms with Gasteiger partial charge in [0.1, 0.15) is 17.2 Å². The lowest BCUT2D eigenvalue weighted by Crippen LogP contribution is -2.37. The Labute approximate surface area is 152 Å². The Kier molecular flexibility index (Phi) is 7.11. The molecule has 26 heavy (non-hydrogen) atoms. The highest BCUT2D eigenvalue weighted by molar-refractivity contribution is 5.73. The van der Waals surface area contributed by atoms with Crippen LogP contribution in [-0.2, 0) is 6.54 Å². The Morgan fingerprint density at radius 1 is 0.923 bits per heavy atom. The van der Waals surface area contributed by atoms with E-state index in [0.29, 0.717) is 29.4 Å². The molecule has 2 rings (SSSR count). The van der Waals surface area contributed by atoms with Crippen molar-refractivity contribution in [3.8, 4) is 17.2 Å². The van der Waals surface area contributed by atoms with Crippen molar-refractivity contribution in [2.24, 2.45) is 0 Å². The molecule has 3 N–H and O–H groups in total. The van der Waals surface area contributed by atoms with E-state index in [1.165, 1.54) is 0 Å². The molecular weight excluding hydrogens is 336 g/mol. The smallest absolute Gasteiger partial charge is 0.315 e. The van der Waals surface area contributed by atoms with Gasteiger partial charge in [-0.25, -0.2) is 4.79 Å². The molecule has 0 bridgehead atoms. The molecule has 2 aromatic carbocycles. The summed E-state index contributed by atoms with van der Waals surface area (Å²) in [4.78, 5) is 11.9. The zero-order valence-electron chi connectivity index (χ0n) is 15.1. The number of hydrogen-bond donors (Lipinski definition) is 3. The summed E-state index contributed by atoms with van der Waals surface area (Å²) in [6, 6.07) is 12.0. The van der Waals surface area contributed by atoms with Crippen LogP contribution < -0.4 is 24.8 Å². The zero-order chi connectivity index (χ0) is 18.9. The highest BCUT2D eigenvalue weighted by Crippen LogP contribution is 2.22.